The summed E-state index contributed by atoms with van der Waals surface area (Å²) in [5.74, 6) is -4.21. The third-order valence-corrected chi connectivity index (χ3v) is 3.53. The van der Waals surface area contributed by atoms with Crippen molar-refractivity contribution in [2.75, 3.05) is 14.2 Å². The SMILES string of the molecule is [2H]COc1c(Oc2cc(Cl)c(Cl)cc2C(=O)OC)ccc(F)c1F. The highest BCUT2D eigenvalue weighted by Crippen LogP contribution is 2.38. The Morgan fingerprint density at radius 3 is 2.52 bits per heavy atom. The Labute approximate surface area is 141 Å². The van der Waals surface area contributed by atoms with Crippen LogP contribution < -0.4 is 9.47 Å². The van der Waals surface area contributed by atoms with Crippen LogP contribution in [0.25, 0.3) is 0 Å². The number of rotatable bonds is 4. The Kier molecular flexibility index (Phi) is 4.83. The highest BCUT2D eigenvalue weighted by atomic mass is 35.5. The van der Waals surface area contributed by atoms with Crippen LogP contribution in [0.15, 0.2) is 24.3 Å². The van der Waals surface area contributed by atoms with Crippen molar-refractivity contribution >= 4 is 29.2 Å². The van der Waals surface area contributed by atoms with E-state index in [-0.39, 0.29) is 27.1 Å². The average Bonchev–Trinajstić information content (AvgIpc) is 2.56. The summed E-state index contributed by atoms with van der Waals surface area (Å²) in [6.45, 7) is 0. The first-order valence-electron chi connectivity index (χ1n) is 6.75. The van der Waals surface area contributed by atoms with Gasteiger partial charge in [-0.3, -0.25) is 0 Å². The summed E-state index contributed by atoms with van der Waals surface area (Å²) in [4.78, 5) is 11.8. The van der Waals surface area contributed by atoms with Gasteiger partial charge in [0.2, 0.25) is 11.6 Å². The van der Waals surface area contributed by atoms with Crippen molar-refractivity contribution in [3.63, 3.8) is 0 Å². The largest absolute Gasteiger partial charge is 0.490 e. The van der Waals surface area contributed by atoms with Gasteiger partial charge in [0.1, 0.15) is 11.3 Å². The summed E-state index contributed by atoms with van der Waals surface area (Å²) >= 11 is 11.8. The molecule has 2 aromatic carbocycles. The number of halogens is 4. The lowest BCUT2D eigenvalue weighted by Crippen LogP contribution is -2.05. The van der Waals surface area contributed by atoms with Crippen LogP contribution >= 0.6 is 23.2 Å². The Bertz CT molecular complexity index is 787. The zero-order chi connectivity index (χ0) is 17.9. The number of hydrogen-bond donors (Lipinski definition) is 0. The van der Waals surface area contributed by atoms with Crippen molar-refractivity contribution in [2.24, 2.45) is 0 Å². The minimum atomic E-state index is -1.32. The molecule has 0 spiro atoms. The maximum absolute atomic E-state index is 13.8. The molecule has 8 heteroatoms. The van der Waals surface area contributed by atoms with Gasteiger partial charge in [-0.25, -0.2) is 9.18 Å². The number of hydrogen-bond acceptors (Lipinski definition) is 4. The molecule has 0 saturated heterocycles. The fourth-order valence-corrected chi connectivity index (χ4v) is 2.05. The maximum atomic E-state index is 13.8. The van der Waals surface area contributed by atoms with Gasteiger partial charge >= 0.3 is 5.97 Å². The van der Waals surface area contributed by atoms with Crippen molar-refractivity contribution in [3.05, 3.63) is 51.5 Å². The fraction of sp³-hybridized carbons (Fsp3) is 0.133. The third kappa shape index (κ3) is 3.48. The molecule has 0 aliphatic rings. The zero-order valence-corrected chi connectivity index (χ0v) is 13.2. The highest BCUT2D eigenvalue weighted by molar-refractivity contribution is 6.42. The lowest BCUT2D eigenvalue weighted by molar-refractivity contribution is 0.0598. The summed E-state index contributed by atoms with van der Waals surface area (Å²) < 4.78 is 48.9. The molecule has 0 atom stereocenters. The van der Waals surface area contributed by atoms with Gasteiger partial charge in [-0.15, -0.1) is 0 Å². The predicted molar refractivity (Wildman–Crippen MR) is 80.8 cm³/mol. The van der Waals surface area contributed by atoms with E-state index >= 15 is 0 Å². The molecule has 0 heterocycles. The molecule has 2 aromatic rings. The van der Waals surface area contributed by atoms with E-state index in [1.54, 1.807) is 0 Å². The van der Waals surface area contributed by atoms with Gasteiger partial charge in [0.05, 0.1) is 25.6 Å². The monoisotopic (exact) mass is 363 g/mol. The first-order valence-corrected chi connectivity index (χ1v) is 6.79. The normalized spacial score (nSPS) is 10.9. The molecular weight excluding hydrogens is 353 g/mol. The Morgan fingerprint density at radius 2 is 1.87 bits per heavy atom. The molecule has 0 N–H and O–H groups in total. The van der Waals surface area contributed by atoms with Gasteiger partial charge in [0.15, 0.2) is 11.6 Å². The average molecular weight is 364 g/mol. The quantitative estimate of drug-likeness (QED) is 0.727. The minimum absolute atomic E-state index is 0.0739. The number of carbonyl (C=O) groups excluding carboxylic acids is 1. The van der Waals surface area contributed by atoms with Crippen LogP contribution in [0.5, 0.6) is 17.2 Å². The van der Waals surface area contributed by atoms with Crippen LogP contribution in [-0.2, 0) is 4.74 Å². The molecular formula is C15H10Cl2F2O4. The Hall–Kier alpha value is -2.05. The van der Waals surface area contributed by atoms with Gasteiger partial charge in [-0.1, -0.05) is 23.2 Å². The second kappa shape index (κ2) is 7.02. The summed E-state index contributed by atoms with van der Waals surface area (Å²) in [6.07, 6.45) is 0. The van der Waals surface area contributed by atoms with Crippen LogP contribution in [0, 0.1) is 11.6 Å². The van der Waals surface area contributed by atoms with E-state index in [0.29, 0.717) is 0 Å². The van der Waals surface area contributed by atoms with Gasteiger partial charge in [-0.2, -0.15) is 4.39 Å². The van der Waals surface area contributed by atoms with E-state index in [1.165, 1.54) is 12.1 Å². The summed E-state index contributed by atoms with van der Waals surface area (Å²) in [7, 11) is 0.489. The van der Waals surface area contributed by atoms with Gasteiger partial charge in [0, 0.05) is 6.07 Å². The molecule has 0 radical (unpaired) electrons. The standard InChI is InChI=1S/C15H10Cl2F2O4/c1-21-14-11(4-3-10(18)13(14)19)23-12-6-9(17)8(16)5-7(12)15(20)22-2/h3-6H,1-2H3/i1D. The van der Waals surface area contributed by atoms with E-state index < -0.39 is 30.4 Å². The van der Waals surface area contributed by atoms with Gasteiger partial charge in [0.25, 0.3) is 0 Å². The third-order valence-electron chi connectivity index (χ3n) is 2.81. The van der Waals surface area contributed by atoms with Crippen LogP contribution in [-0.4, -0.2) is 20.2 Å². The smallest absolute Gasteiger partial charge is 0.341 e. The number of carbonyl (C=O) groups is 1. The van der Waals surface area contributed by atoms with Crippen molar-refractivity contribution in [2.45, 2.75) is 0 Å². The van der Waals surface area contributed by atoms with Crippen molar-refractivity contribution < 1.29 is 29.2 Å². The second-order valence-corrected chi connectivity index (χ2v) is 5.00. The van der Waals surface area contributed by atoms with Crippen LogP contribution in [0.1, 0.15) is 11.7 Å². The van der Waals surface area contributed by atoms with E-state index in [1.807, 2.05) is 0 Å². The predicted octanol–water partition coefficient (Wildman–Crippen LogP) is 4.86. The lowest BCUT2D eigenvalue weighted by atomic mass is 10.2. The molecule has 0 bridgehead atoms. The number of ether oxygens (including phenoxy) is 3. The Morgan fingerprint density at radius 1 is 1.17 bits per heavy atom. The molecule has 0 aliphatic heterocycles. The molecule has 23 heavy (non-hydrogen) atoms. The topological polar surface area (TPSA) is 44.8 Å². The number of methoxy groups -OCH3 is 2. The first-order chi connectivity index (χ1) is 11.4. The van der Waals surface area contributed by atoms with Crippen molar-refractivity contribution in [1.82, 2.24) is 0 Å². The Balaban J connectivity index is 2.54. The van der Waals surface area contributed by atoms with E-state index in [2.05, 4.69) is 4.74 Å². The molecule has 0 saturated carbocycles. The molecule has 122 valence electrons. The molecule has 0 aliphatic carbocycles. The second-order valence-electron chi connectivity index (χ2n) is 4.19. The van der Waals surface area contributed by atoms with Crippen LogP contribution in [0.4, 0.5) is 8.78 Å². The van der Waals surface area contributed by atoms with E-state index in [0.717, 1.165) is 19.2 Å². The summed E-state index contributed by atoms with van der Waals surface area (Å²) in [6, 6.07) is 4.35. The molecule has 0 aromatic heterocycles. The molecule has 0 fully saturated rings. The number of esters is 1. The summed E-state index contributed by atoms with van der Waals surface area (Å²) in [5, 5.41) is 0.155. The van der Waals surface area contributed by atoms with Crippen molar-refractivity contribution in [3.8, 4) is 17.2 Å². The van der Waals surface area contributed by atoms with Gasteiger partial charge < -0.3 is 14.2 Å². The molecule has 0 unspecified atom stereocenters. The van der Waals surface area contributed by atoms with E-state index in [9.17, 15) is 13.6 Å². The molecule has 2 rings (SSSR count). The maximum Gasteiger partial charge on any atom is 0.341 e. The highest BCUT2D eigenvalue weighted by Gasteiger charge is 2.21. The zero-order valence-electron chi connectivity index (χ0n) is 12.7. The molecule has 0 amide bonds. The number of benzene rings is 2. The fourth-order valence-electron chi connectivity index (χ4n) is 1.73. The first kappa shape index (κ1) is 15.8. The van der Waals surface area contributed by atoms with E-state index in [4.69, 9.17) is 34.0 Å². The van der Waals surface area contributed by atoms with Crippen LogP contribution in [0.2, 0.25) is 10.0 Å². The lowest BCUT2D eigenvalue weighted by Gasteiger charge is -2.14. The van der Waals surface area contributed by atoms with Crippen molar-refractivity contribution in [1.29, 1.82) is 0 Å². The van der Waals surface area contributed by atoms with Crippen LogP contribution in [0.3, 0.4) is 0 Å². The molecule has 4 nitrogen and oxygen atoms in total. The van der Waals surface area contributed by atoms with Gasteiger partial charge in [-0.05, 0) is 18.2 Å². The summed E-state index contributed by atoms with van der Waals surface area (Å²) in [5.41, 5.74) is -0.0755. The minimum Gasteiger partial charge on any atom is -0.490 e.